The average Bonchev–Trinajstić information content (AvgIpc) is 2.23. The zero-order valence-electron chi connectivity index (χ0n) is 11.7. The van der Waals surface area contributed by atoms with E-state index in [1.807, 2.05) is 0 Å². The first kappa shape index (κ1) is 15.9. The molecule has 2 atom stereocenters. The van der Waals surface area contributed by atoms with Gasteiger partial charge in [-0.25, -0.2) is 0 Å². The molecule has 0 saturated carbocycles. The maximum absolute atomic E-state index is 6.15. The molecule has 2 nitrogen and oxygen atoms in total. The Morgan fingerprint density at radius 3 is 2.06 bits per heavy atom. The predicted octanol–water partition coefficient (Wildman–Crippen LogP) is 3.74. The molecule has 2 N–H and O–H groups in total. The van der Waals surface area contributed by atoms with E-state index in [0.717, 1.165) is 6.42 Å². The summed E-state index contributed by atoms with van der Waals surface area (Å²) in [4.78, 5) is 0. The molecule has 0 rings (SSSR count). The molecule has 2 unspecified atom stereocenters. The minimum Gasteiger partial charge on any atom is -0.380 e. The summed E-state index contributed by atoms with van der Waals surface area (Å²) in [5, 5.41) is 0. The van der Waals surface area contributed by atoms with Crippen molar-refractivity contribution >= 4 is 0 Å². The zero-order valence-corrected chi connectivity index (χ0v) is 11.7. The highest BCUT2D eigenvalue weighted by atomic mass is 16.5. The lowest BCUT2D eigenvalue weighted by molar-refractivity contribution is 0.0412. The number of nitrogens with two attached hydrogens (primary N) is 1. The summed E-state index contributed by atoms with van der Waals surface area (Å²) in [6.45, 7) is 6.60. The van der Waals surface area contributed by atoms with Gasteiger partial charge in [-0.2, -0.15) is 0 Å². The summed E-state index contributed by atoms with van der Waals surface area (Å²) < 4.78 is 5.44. The van der Waals surface area contributed by atoms with Crippen molar-refractivity contribution in [3.8, 4) is 0 Å². The maximum atomic E-state index is 6.15. The summed E-state index contributed by atoms with van der Waals surface area (Å²) in [6.07, 6.45) is 9.32. The fourth-order valence-electron chi connectivity index (χ4n) is 2.27. The first-order chi connectivity index (χ1) is 7.63. The van der Waals surface area contributed by atoms with Crippen molar-refractivity contribution in [1.29, 1.82) is 0 Å². The van der Waals surface area contributed by atoms with Crippen LogP contribution in [0.25, 0.3) is 0 Å². The Kier molecular flexibility index (Phi) is 10.0. The summed E-state index contributed by atoms with van der Waals surface area (Å²) in [6, 6.07) is 0.205. The van der Waals surface area contributed by atoms with Gasteiger partial charge in [-0.1, -0.05) is 59.3 Å². The fourth-order valence-corrected chi connectivity index (χ4v) is 2.27. The lowest BCUT2D eigenvalue weighted by atomic mass is 9.95. The molecule has 0 aliphatic rings. The molecule has 0 aliphatic carbocycles. The van der Waals surface area contributed by atoms with E-state index in [-0.39, 0.29) is 12.1 Å². The van der Waals surface area contributed by atoms with E-state index in [1.165, 1.54) is 38.5 Å². The van der Waals surface area contributed by atoms with Gasteiger partial charge in [0.15, 0.2) is 0 Å². The normalized spacial score (nSPS) is 15.4. The van der Waals surface area contributed by atoms with Crippen LogP contribution >= 0.6 is 0 Å². The van der Waals surface area contributed by atoms with Crippen LogP contribution in [0.15, 0.2) is 0 Å². The summed E-state index contributed by atoms with van der Waals surface area (Å²) in [5.74, 6) is 0.514. The summed E-state index contributed by atoms with van der Waals surface area (Å²) in [7, 11) is 1.77. The van der Waals surface area contributed by atoms with Crippen molar-refractivity contribution in [2.75, 3.05) is 7.11 Å². The first-order valence-electron chi connectivity index (χ1n) is 6.91. The summed E-state index contributed by atoms with van der Waals surface area (Å²) in [5.41, 5.74) is 6.15. The van der Waals surface area contributed by atoms with Gasteiger partial charge in [0.25, 0.3) is 0 Å². The van der Waals surface area contributed by atoms with Gasteiger partial charge in [0.2, 0.25) is 0 Å². The van der Waals surface area contributed by atoms with Crippen molar-refractivity contribution in [2.24, 2.45) is 11.7 Å². The molecule has 0 radical (unpaired) electrons. The lowest BCUT2D eigenvalue weighted by Crippen LogP contribution is -2.39. The number of ether oxygens (including phenoxy) is 1. The predicted molar refractivity (Wildman–Crippen MR) is 71.6 cm³/mol. The molecule has 98 valence electrons. The van der Waals surface area contributed by atoms with Gasteiger partial charge in [0.05, 0.1) is 6.10 Å². The number of rotatable bonds is 10. The van der Waals surface area contributed by atoms with Crippen LogP contribution in [0, 0.1) is 5.92 Å². The quantitative estimate of drug-likeness (QED) is 0.579. The maximum Gasteiger partial charge on any atom is 0.0744 e. The van der Waals surface area contributed by atoms with Crippen LogP contribution in [0.3, 0.4) is 0 Å². The van der Waals surface area contributed by atoms with Gasteiger partial charge in [0, 0.05) is 13.2 Å². The number of hydrogen-bond donors (Lipinski definition) is 1. The molecule has 0 aromatic carbocycles. The molecule has 0 heterocycles. The van der Waals surface area contributed by atoms with E-state index >= 15 is 0 Å². The smallest absolute Gasteiger partial charge is 0.0744 e. The third-order valence-electron chi connectivity index (χ3n) is 3.24. The number of hydrogen-bond acceptors (Lipinski definition) is 2. The molecule has 16 heavy (non-hydrogen) atoms. The highest BCUT2D eigenvalue weighted by Gasteiger charge is 2.19. The van der Waals surface area contributed by atoms with Crippen LogP contribution in [0.1, 0.15) is 65.7 Å². The highest BCUT2D eigenvalue weighted by Crippen LogP contribution is 2.15. The van der Waals surface area contributed by atoms with Crippen molar-refractivity contribution in [1.82, 2.24) is 0 Å². The van der Waals surface area contributed by atoms with E-state index in [2.05, 4.69) is 20.8 Å². The molecular formula is C14H31NO. The zero-order chi connectivity index (χ0) is 12.4. The largest absolute Gasteiger partial charge is 0.380 e. The van der Waals surface area contributed by atoms with Crippen LogP contribution in [-0.2, 0) is 4.74 Å². The molecule has 2 heteroatoms. The average molecular weight is 229 g/mol. The van der Waals surface area contributed by atoms with Crippen LogP contribution in [0.5, 0.6) is 0 Å². The monoisotopic (exact) mass is 229 g/mol. The molecule has 0 aromatic heterocycles. The van der Waals surface area contributed by atoms with Gasteiger partial charge in [-0.3, -0.25) is 0 Å². The van der Waals surface area contributed by atoms with Crippen molar-refractivity contribution in [3.63, 3.8) is 0 Å². The molecule has 0 fully saturated rings. The topological polar surface area (TPSA) is 35.2 Å². The van der Waals surface area contributed by atoms with Crippen molar-refractivity contribution in [3.05, 3.63) is 0 Å². The second kappa shape index (κ2) is 10.1. The molecule has 0 spiro atoms. The molecule has 0 saturated heterocycles. The number of unbranched alkanes of at least 4 members (excludes halogenated alkanes) is 5. The Morgan fingerprint density at radius 2 is 1.56 bits per heavy atom. The Hall–Kier alpha value is -0.0800. The highest BCUT2D eigenvalue weighted by molar-refractivity contribution is 4.75. The van der Waals surface area contributed by atoms with E-state index in [1.54, 1.807) is 7.11 Å². The first-order valence-corrected chi connectivity index (χ1v) is 6.91. The van der Waals surface area contributed by atoms with Gasteiger partial charge >= 0.3 is 0 Å². The molecule has 0 aliphatic heterocycles. The fraction of sp³-hybridized carbons (Fsp3) is 1.00. The Balaban J connectivity index is 3.52. The minimum atomic E-state index is 0.205. The van der Waals surface area contributed by atoms with Gasteiger partial charge in [0.1, 0.15) is 0 Å². The lowest BCUT2D eigenvalue weighted by Gasteiger charge is -2.25. The van der Waals surface area contributed by atoms with Crippen LogP contribution in [0.2, 0.25) is 0 Å². The van der Waals surface area contributed by atoms with Crippen LogP contribution < -0.4 is 5.73 Å². The Morgan fingerprint density at radius 1 is 1.00 bits per heavy atom. The van der Waals surface area contributed by atoms with E-state index in [9.17, 15) is 0 Å². The number of methoxy groups -OCH3 is 1. The standard InChI is InChI=1S/C14H31NO/c1-5-6-7-8-9-10-11-13(15)14(16-4)12(2)3/h12-14H,5-11,15H2,1-4H3. The third kappa shape index (κ3) is 7.24. The third-order valence-corrected chi connectivity index (χ3v) is 3.24. The van der Waals surface area contributed by atoms with Gasteiger partial charge in [-0.05, 0) is 12.3 Å². The molecule has 0 bridgehead atoms. The second-order valence-electron chi connectivity index (χ2n) is 5.16. The van der Waals surface area contributed by atoms with E-state index < -0.39 is 0 Å². The minimum absolute atomic E-state index is 0.205. The second-order valence-corrected chi connectivity index (χ2v) is 5.16. The summed E-state index contributed by atoms with van der Waals surface area (Å²) >= 11 is 0. The van der Waals surface area contributed by atoms with Gasteiger partial charge in [-0.15, -0.1) is 0 Å². The Labute approximate surface area is 102 Å². The molecule has 0 aromatic rings. The van der Waals surface area contributed by atoms with Crippen LogP contribution in [0.4, 0.5) is 0 Å². The van der Waals surface area contributed by atoms with Crippen molar-refractivity contribution < 1.29 is 4.74 Å². The van der Waals surface area contributed by atoms with Crippen molar-refractivity contribution in [2.45, 2.75) is 77.9 Å². The molecule has 0 amide bonds. The Bertz CT molecular complexity index is 148. The van der Waals surface area contributed by atoms with E-state index in [4.69, 9.17) is 10.5 Å². The molecular weight excluding hydrogens is 198 g/mol. The van der Waals surface area contributed by atoms with E-state index in [0.29, 0.717) is 5.92 Å². The SMILES string of the molecule is CCCCCCCCC(N)C(OC)C(C)C. The van der Waals surface area contributed by atoms with Crippen LogP contribution in [-0.4, -0.2) is 19.3 Å². The van der Waals surface area contributed by atoms with Gasteiger partial charge < -0.3 is 10.5 Å².